The Balaban J connectivity index is 0.000000493. The molecule has 116 valence electrons. The van der Waals surface area contributed by atoms with Crippen LogP contribution in [0, 0.1) is 0 Å². The molecule has 1 aromatic carbocycles. The minimum Gasteiger partial charge on any atom is -0.326 e. The Kier molecular flexibility index (Phi) is 12.6. The number of hydrogen-bond acceptors (Lipinski definition) is 0. The van der Waals surface area contributed by atoms with E-state index in [0.717, 1.165) is 0 Å². The van der Waals surface area contributed by atoms with E-state index in [0.29, 0.717) is 0 Å². The molecule has 0 aliphatic heterocycles. The summed E-state index contributed by atoms with van der Waals surface area (Å²) in [5.41, 5.74) is 0. The molecule has 20 heavy (non-hydrogen) atoms. The molecule has 0 unspecified atom stereocenters. The topological polar surface area (TPSA) is 0 Å². The highest BCUT2D eigenvalue weighted by Gasteiger charge is 2.18. The zero-order chi connectivity index (χ0) is 15.1. The number of unbranched alkanes of at least 4 members (excludes halogenated alkanes) is 3. The zero-order valence-electron chi connectivity index (χ0n) is 14.3. The average Bonchev–Trinajstić information content (AvgIpc) is 2.51. The highest BCUT2D eigenvalue weighted by molar-refractivity contribution is 4.99. The van der Waals surface area contributed by atoms with E-state index in [1.54, 1.807) is 0 Å². The first-order valence-corrected chi connectivity index (χ1v) is 8.52. The second kappa shape index (κ2) is 13.2. The van der Waals surface area contributed by atoms with Crippen molar-refractivity contribution in [3.05, 3.63) is 36.4 Å². The number of nitrogens with zero attached hydrogens (tertiary/aromatic N) is 1. The lowest BCUT2D eigenvalue weighted by Gasteiger charge is -2.34. The van der Waals surface area contributed by atoms with Crippen LogP contribution in [-0.4, -0.2) is 31.2 Å². The Bertz CT molecular complexity index is 233. The molecule has 0 spiro atoms. The summed E-state index contributed by atoms with van der Waals surface area (Å²) in [6.45, 7) is 11.0. The summed E-state index contributed by atoms with van der Waals surface area (Å²) in [6, 6.07) is 12.0. The van der Waals surface area contributed by atoms with Crippen molar-refractivity contribution in [2.24, 2.45) is 0 Å². The van der Waals surface area contributed by atoms with Crippen LogP contribution >= 0.6 is 0 Å². The number of benzene rings is 1. The lowest BCUT2D eigenvalue weighted by molar-refractivity contribution is -0.910. The van der Waals surface area contributed by atoms with Crippen LogP contribution in [0.2, 0.25) is 0 Å². The van der Waals surface area contributed by atoms with Crippen LogP contribution in [0.15, 0.2) is 36.4 Å². The van der Waals surface area contributed by atoms with Gasteiger partial charge in [0, 0.05) is 0 Å². The molecule has 0 amide bonds. The van der Waals surface area contributed by atoms with Gasteiger partial charge < -0.3 is 4.48 Å². The van der Waals surface area contributed by atoms with Crippen molar-refractivity contribution in [1.29, 1.82) is 0 Å². The zero-order valence-corrected chi connectivity index (χ0v) is 14.3. The molecule has 0 fully saturated rings. The summed E-state index contributed by atoms with van der Waals surface area (Å²) >= 11 is 0. The molecule has 0 atom stereocenters. The van der Waals surface area contributed by atoms with Crippen LogP contribution in [0.5, 0.6) is 0 Å². The molecule has 0 aliphatic carbocycles. The minimum absolute atomic E-state index is 1.32. The monoisotopic (exact) mass is 278 g/mol. The molecule has 0 N–H and O–H groups in total. The van der Waals surface area contributed by atoms with Gasteiger partial charge in [-0.15, -0.1) is 0 Å². The van der Waals surface area contributed by atoms with Gasteiger partial charge in [0.2, 0.25) is 0 Å². The molecular formula is C19H36N+. The molecule has 0 aliphatic rings. The molecule has 1 nitrogen and oxygen atoms in total. The van der Waals surface area contributed by atoms with Crippen molar-refractivity contribution in [1.82, 2.24) is 0 Å². The summed E-state index contributed by atoms with van der Waals surface area (Å²) in [5, 5.41) is 0. The van der Waals surface area contributed by atoms with E-state index in [1.807, 2.05) is 36.4 Å². The fraction of sp³-hybridized carbons (Fsp3) is 0.684. The van der Waals surface area contributed by atoms with Gasteiger partial charge in [0.1, 0.15) is 0 Å². The third-order valence-corrected chi connectivity index (χ3v) is 3.82. The van der Waals surface area contributed by atoms with E-state index in [9.17, 15) is 0 Å². The summed E-state index contributed by atoms with van der Waals surface area (Å²) in [7, 11) is 2.45. The van der Waals surface area contributed by atoms with Gasteiger partial charge in [0.15, 0.2) is 0 Å². The first kappa shape index (κ1) is 19.2. The lowest BCUT2D eigenvalue weighted by Crippen LogP contribution is -2.46. The van der Waals surface area contributed by atoms with Gasteiger partial charge in [0.05, 0.1) is 26.7 Å². The molecule has 0 saturated heterocycles. The molecular weight excluding hydrogens is 242 g/mol. The standard InChI is InChI=1S/C13H30N.C6H6/c1-5-8-11-14(4,12-9-6-2)13-10-7-3;1-2-4-6-5-3-1/h5-13H2,1-4H3;1-6H/q+1;. The van der Waals surface area contributed by atoms with Crippen LogP contribution in [0.3, 0.4) is 0 Å². The first-order valence-electron chi connectivity index (χ1n) is 8.52. The summed E-state index contributed by atoms with van der Waals surface area (Å²) in [4.78, 5) is 0. The second-order valence-corrected chi connectivity index (χ2v) is 6.01. The van der Waals surface area contributed by atoms with Gasteiger partial charge >= 0.3 is 0 Å². The summed E-state index contributed by atoms with van der Waals surface area (Å²) < 4.78 is 1.32. The molecule has 0 bridgehead atoms. The van der Waals surface area contributed by atoms with E-state index >= 15 is 0 Å². The van der Waals surface area contributed by atoms with Gasteiger partial charge in [-0.1, -0.05) is 76.4 Å². The van der Waals surface area contributed by atoms with E-state index in [2.05, 4.69) is 27.8 Å². The maximum absolute atomic E-state index is 2.45. The number of hydrogen-bond donors (Lipinski definition) is 0. The van der Waals surface area contributed by atoms with Crippen LogP contribution in [0.25, 0.3) is 0 Å². The number of quaternary nitrogens is 1. The Morgan fingerprint density at radius 2 is 0.800 bits per heavy atom. The van der Waals surface area contributed by atoms with E-state index in [4.69, 9.17) is 0 Å². The second-order valence-electron chi connectivity index (χ2n) is 6.01. The molecule has 1 rings (SSSR count). The van der Waals surface area contributed by atoms with Crippen molar-refractivity contribution < 1.29 is 4.48 Å². The van der Waals surface area contributed by atoms with Gasteiger partial charge in [-0.05, 0) is 19.3 Å². The maximum Gasteiger partial charge on any atom is 0.0784 e. The van der Waals surface area contributed by atoms with Gasteiger partial charge in [-0.3, -0.25) is 0 Å². The van der Waals surface area contributed by atoms with E-state index in [1.165, 1.54) is 62.6 Å². The summed E-state index contributed by atoms with van der Waals surface area (Å²) in [6.07, 6.45) is 8.20. The van der Waals surface area contributed by atoms with Gasteiger partial charge in [-0.2, -0.15) is 0 Å². The fourth-order valence-corrected chi connectivity index (χ4v) is 2.34. The van der Waals surface area contributed by atoms with Crippen molar-refractivity contribution in [2.45, 2.75) is 59.3 Å². The van der Waals surface area contributed by atoms with Crippen molar-refractivity contribution in [2.75, 3.05) is 26.7 Å². The lowest BCUT2D eigenvalue weighted by atomic mass is 10.2. The highest BCUT2D eigenvalue weighted by atomic mass is 15.3. The Labute approximate surface area is 127 Å². The first-order chi connectivity index (χ1) is 9.68. The molecule has 1 aromatic rings. The van der Waals surface area contributed by atoms with Gasteiger partial charge in [-0.25, -0.2) is 0 Å². The SMILES string of the molecule is CCCC[N+](C)(CCCC)CCCC.c1ccccc1. The van der Waals surface area contributed by atoms with Crippen LogP contribution < -0.4 is 0 Å². The Morgan fingerprint density at radius 3 is 1.00 bits per heavy atom. The smallest absolute Gasteiger partial charge is 0.0784 e. The van der Waals surface area contributed by atoms with E-state index in [-0.39, 0.29) is 0 Å². The Hall–Kier alpha value is -0.820. The summed E-state index contributed by atoms with van der Waals surface area (Å²) in [5.74, 6) is 0. The maximum atomic E-state index is 2.45. The Morgan fingerprint density at radius 1 is 0.550 bits per heavy atom. The van der Waals surface area contributed by atoms with Crippen molar-refractivity contribution in [3.63, 3.8) is 0 Å². The third-order valence-electron chi connectivity index (χ3n) is 3.82. The van der Waals surface area contributed by atoms with E-state index < -0.39 is 0 Å². The molecule has 0 heterocycles. The molecule has 0 aromatic heterocycles. The highest BCUT2D eigenvalue weighted by Crippen LogP contribution is 2.10. The minimum atomic E-state index is 1.32. The van der Waals surface area contributed by atoms with Crippen LogP contribution in [0.1, 0.15) is 59.3 Å². The van der Waals surface area contributed by atoms with Crippen LogP contribution in [-0.2, 0) is 0 Å². The fourth-order valence-electron chi connectivity index (χ4n) is 2.34. The molecule has 0 saturated carbocycles. The number of rotatable bonds is 9. The largest absolute Gasteiger partial charge is 0.326 e. The van der Waals surface area contributed by atoms with Crippen molar-refractivity contribution in [3.8, 4) is 0 Å². The van der Waals surface area contributed by atoms with Crippen molar-refractivity contribution >= 4 is 0 Å². The quantitative estimate of drug-likeness (QED) is 0.522. The predicted molar refractivity (Wildman–Crippen MR) is 92.0 cm³/mol. The molecule has 0 radical (unpaired) electrons. The van der Waals surface area contributed by atoms with Crippen LogP contribution in [0.4, 0.5) is 0 Å². The third kappa shape index (κ3) is 11.0. The average molecular weight is 279 g/mol. The normalized spacial score (nSPS) is 10.8. The predicted octanol–water partition coefficient (Wildman–Crippen LogP) is 5.52. The molecule has 1 heteroatoms. The van der Waals surface area contributed by atoms with Gasteiger partial charge in [0.25, 0.3) is 0 Å².